The third-order valence-electron chi connectivity index (χ3n) is 3.11. The molecule has 112 valence electrons. The lowest BCUT2D eigenvalue weighted by atomic mass is 10.2. The zero-order valence-corrected chi connectivity index (χ0v) is 13.4. The molecule has 0 radical (unpaired) electrons. The van der Waals surface area contributed by atoms with E-state index in [2.05, 4.69) is 0 Å². The molecular weight excluding hydrogens is 308 g/mol. The monoisotopic (exact) mass is 328 g/mol. The van der Waals surface area contributed by atoms with E-state index >= 15 is 0 Å². The van der Waals surface area contributed by atoms with E-state index in [1.54, 1.807) is 0 Å². The molecule has 0 saturated heterocycles. The molecule has 1 rings (SSSR count). The average Bonchev–Trinajstić information content (AvgIpc) is 2.75. The molecule has 0 aliphatic heterocycles. The van der Waals surface area contributed by atoms with Gasteiger partial charge in [0.25, 0.3) is 0 Å². The summed E-state index contributed by atoms with van der Waals surface area (Å²) in [7, 11) is -6.96. The lowest BCUT2D eigenvalue weighted by Crippen LogP contribution is -2.45. The molecule has 0 unspecified atom stereocenters. The molecule has 0 atom stereocenters. The maximum atomic E-state index is 12.2. The molecule has 1 fully saturated rings. The first kappa shape index (κ1) is 16.8. The van der Waals surface area contributed by atoms with Crippen LogP contribution in [-0.2, 0) is 19.9 Å². The quantitative estimate of drug-likeness (QED) is 0.655. The van der Waals surface area contributed by atoms with Crippen LogP contribution in [0.15, 0.2) is 0 Å². The summed E-state index contributed by atoms with van der Waals surface area (Å²) in [6.07, 6.45) is 4.53. The van der Waals surface area contributed by atoms with E-state index in [1.807, 2.05) is 0 Å². The first-order valence-corrected chi connectivity index (χ1v) is 10.2. The Morgan fingerprint density at radius 3 is 2.16 bits per heavy atom. The lowest BCUT2D eigenvalue weighted by molar-refractivity contribution is 0.355. The van der Waals surface area contributed by atoms with Crippen molar-refractivity contribution in [3.05, 3.63) is 0 Å². The highest BCUT2D eigenvalue weighted by Crippen LogP contribution is 2.25. The van der Waals surface area contributed by atoms with Gasteiger partial charge in [0.05, 0.1) is 23.0 Å². The van der Waals surface area contributed by atoms with E-state index in [-0.39, 0.29) is 23.3 Å². The molecule has 2 N–H and O–H groups in total. The highest BCUT2D eigenvalue weighted by atomic mass is 32.2. The summed E-state index contributed by atoms with van der Waals surface area (Å²) in [5.74, 6) is -0.791. The predicted molar refractivity (Wildman–Crippen MR) is 79.2 cm³/mol. The minimum Gasteiger partial charge on any atom is -0.392 e. The number of nitrogens with two attached hydrogens (primary N) is 1. The first-order valence-electron chi connectivity index (χ1n) is 6.07. The molecule has 9 heteroatoms. The van der Waals surface area contributed by atoms with E-state index in [9.17, 15) is 16.8 Å². The fourth-order valence-corrected chi connectivity index (χ4v) is 5.68. The second-order valence-corrected chi connectivity index (χ2v) is 9.72. The van der Waals surface area contributed by atoms with Crippen molar-refractivity contribution in [2.45, 2.75) is 31.7 Å². The van der Waals surface area contributed by atoms with Gasteiger partial charge in [-0.3, -0.25) is 0 Å². The lowest BCUT2D eigenvalue weighted by Gasteiger charge is -2.27. The Balaban J connectivity index is 2.85. The van der Waals surface area contributed by atoms with Gasteiger partial charge in [-0.1, -0.05) is 25.1 Å². The molecule has 19 heavy (non-hydrogen) atoms. The van der Waals surface area contributed by atoms with Crippen molar-refractivity contribution in [3.63, 3.8) is 0 Å². The maximum absolute atomic E-state index is 12.2. The molecule has 0 amide bonds. The van der Waals surface area contributed by atoms with Crippen molar-refractivity contribution in [3.8, 4) is 0 Å². The normalized spacial score (nSPS) is 18.0. The van der Waals surface area contributed by atoms with Crippen molar-refractivity contribution in [2.24, 2.45) is 5.73 Å². The van der Waals surface area contributed by atoms with Crippen LogP contribution in [0, 0.1) is 0 Å². The number of sulfone groups is 1. The van der Waals surface area contributed by atoms with Crippen LogP contribution in [0.3, 0.4) is 0 Å². The molecule has 0 spiro atoms. The molecule has 6 nitrogen and oxygen atoms in total. The van der Waals surface area contributed by atoms with Gasteiger partial charge in [-0.15, -0.1) is 0 Å². The second kappa shape index (κ2) is 6.47. The Hall–Kier alpha value is -0.250. The van der Waals surface area contributed by atoms with Crippen molar-refractivity contribution in [1.82, 2.24) is 4.31 Å². The summed E-state index contributed by atoms with van der Waals surface area (Å²) >= 11 is 4.79. The number of nitrogens with zero attached hydrogens (tertiary/aromatic N) is 1. The predicted octanol–water partition coefficient (Wildman–Crippen LogP) is -0.108. The SMILES string of the molecule is CS(=O)(=O)CCS(=O)(=O)N(CC(N)=S)C1CCCC1. The second-order valence-electron chi connectivity index (χ2n) is 4.90. The smallest absolute Gasteiger partial charge is 0.215 e. The van der Waals surface area contributed by atoms with Crippen LogP contribution in [0.25, 0.3) is 0 Å². The van der Waals surface area contributed by atoms with E-state index in [1.165, 1.54) is 4.31 Å². The Bertz CT molecular complexity index is 521. The highest BCUT2D eigenvalue weighted by molar-refractivity contribution is 7.93. The van der Waals surface area contributed by atoms with Gasteiger partial charge in [0.1, 0.15) is 9.84 Å². The molecule has 1 aliphatic rings. The Kier molecular flexibility index (Phi) is 5.72. The van der Waals surface area contributed by atoms with Crippen molar-refractivity contribution in [2.75, 3.05) is 24.3 Å². The third kappa shape index (κ3) is 5.72. The van der Waals surface area contributed by atoms with E-state index < -0.39 is 25.6 Å². The number of hydrogen-bond donors (Lipinski definition) is 1. The third-order valence-corrected chi connectivity index (χ3v) is 6.31. The number of rotatable bonds is 7. The molecule has 1 saturated carbocycles. The number of thiocarbonyl (C=S) groups is 1. The molecule has 0 bridgehead atoms. The minimum absolute atomic E-state index is 0.00784. The Labute approximate surface area is 120 Å². The van der Waals surface area contributed by atoms with Crippen LogP contribution in [0.1, 0.15) is 25.7 Å². The van der Waals surface area contributed by atoms with Crippen LogP contribution < -0.4 is 5.73 Å². The summed E-state index contributed by atoms with van der Waals surface area (Å²) in [6, 6.07) is -0.105. The first-order chi connectivity index (χ1) is 8.62. The molecule has 1 aliphatic carbocycles. The van der Waals surface area contributed by atoms with E-state index in [4.69, 9.17) is 18.0 Å². The molecule has 0 heterocycles. The topological polar surface area (TPSA) is 97.5 Å². The fourth-order valence-electron chi connectivity index (χ4n) is 2.17. The molecule has 0 aromatic heterocycles. The van der Waals surface area contributed by atoms with Gasteiger partial charge in [-0.05, 0) is 12.8 Å². The molecule has 0 aromatic carbocycles. The fraction of sp³-hybridized carbons (Fsp3) is 0.900. The zero-order chi connectivity index (χ0) is 14.7. The molecular formula is C10H20N2O4S3. The van der Waals surface area contributed by atoms with Crippen LogP contribution in [0.4, 0.5) is 0 Å². The van der Waals surface area contributed by atoms with Gasteiger partial charge in [-0.25, -0.2) is 16.8 Å². The maximum Gasteiger partial charge on any atom is 0.215 e. The summed E-state index contributed by atoms with van der Waals surface area (Å²) in [4.78, 5) is 0.106. The zero-order valence-electron chi connectivity index (χ0n) is 10.9. The van der Waals surface area contributed by atoms with Gasteiger partial charge in [0.2, 0.25) is 10.0 Å². The van der Waals surface area contributed by atoms with Crippen LogP contribution >= 0.6 is 12.2 Å². The summed E-state index contributed by atoms with van der Waals surface area (Å²) < 4.78 is 48.0. The van der Waals surface area contributed by atoms with Gasteiger partial charge >= 0.3 is 0 Å². The van der Waals surface area contributed by atoms with Gasteiger partial charge in [-0.2, -0.15) is 4.31 Å². The Morgan fingerprint density at radius 1 is 1.21 bits per heavy atom. The van der Waals surface area contributed by atoms with Crippen LogP contribution in [0.2, 0.25) is 0 Å². The van der Waals surface area contributed by atoms with Crippen LogP contribution in [-0.4, -0.2) is 56.5 Å². The van der Waals surface area contributed by atoms with Gasteiger partial charge in [0, 0.05) is 12.3 Å². The van der Waals surface area contributed by atoms with Crippen molar-refractivity contribution in [1.29, 1.82) is 0 Å². The minimum atomic E-state index is -3.65. The summed E-state index contributed by atoms with van der Waals surface area (Å²) in [5.41, 5.74) is 5.45. The van der Waals surface area contributed by atoms with E-state index in [0.29, 0.717) is 0 Å². The number of sulfonamides is 1. The number of hydrogen-bond acceptors (Lipinski definition) is 5. The summed E-state index contributed by atoms with van der Waals surface area (Å²) in [5, 5.41) is 0. The van der Waals surface area contributed by atoms with Crippen molar-refractivity contribution >= 4 is 37.1 Å². The summed E-state index contributed by atoms with van der Waals surface area (Å²) in [6.45, 7) is -0.00784. The highest BCUT2D eigenvalue weighted by Gasteiger charge is 2.32. The Morgan fingerprint density at radius 2 is 1.74 bits per heavy atom. The van der Waals surface area contributed by atoms with Crippen LogP contribution in [0.5, 0.6) is 0 Å². The van der Waals surface area contributed by atoms with Gasteiger partial charge in [0.15, 0.2) is 0 Å². The largest absolute Gasteiger partial charge is 0.392 e. The van der Waals surface area contributed by atoms with E-state index in [0.717, 1.165) is 31.9 Å². The van der Waals surface area contributed by atoms with Crippen molar-refractivity contribution < 1.29 is 16.8 Å². The standard InChI is InChI=1S/C10H20N2O4S3/c1-18(13,14)6-7-19(15,16)12(8-10(11)17)9-4-2-3-5-9/h9H,2-8H2,1H3,(H2,11,17). The van der Waals surface area contributed by atoms with Gasteiger partial charge < -0.3 is 5.73 Å². The molecule has 0 aromatic rings. The average molecular weight is 328 g/mol.